The summed E-state index contributed by atoms with van der Waals surface area (Å²) >= 11 is 0. The number of aliphatic hydroxyl groups is 1. The minimum absolute atomic E-state index is 0.0455. The van der Waals surface area contributed by atoms with Crippen molar-refractivity contribution in [1.29, 1.82) is 0 Å². The van der Waals surface area contributed by atoms with E-state index in [4.69, 9.17) is 5.11 Å². The number of aromatic amines is 1. The van der Waals surface area contributed by atoms with Gasteiger partial charge in [-0.15, -0.1) is 0 Å². The molecule has 3 rings (SSSR count). The second-order valence-corrected chi connectivity index (χ2v) is 5.47. The summed E-state index contributed by atoms with van der Waals surface area (Å²) in [7, 11) is 2.08. The van der Waals surface area contributed by atoms with E-state index in [1.807, 2.05) is 13.0 Å². The van der Waals surface area contributed by atoms with Crippen LogP contribution in [0.25, 0.3) is 11.4 Å². The molecule has 0 fully saturated rings. The molecule has 0 radical (unpaired) electrons. The lowest BCUT2D eigenvalue weighted by molar-refractivity contribution is 0.298. The van der Waals surface area contributed by atoms with Crippen molar-refractivity contribution in [3.8, 4) is 11.4 Å². The molecule has 2 aromatic rings. The van der Waals surface area contributed by atoms with E-state index in [1.54, 1.807) is 0 Å². The van der Waals surface area contributed by atoms with Gasteiger partial charge >= 0.3 is 0 Å². The summed E-state index contributed by atoms with van der Waals surface area (Å²) in [6, 6.07) is 6.17. The first kappa shape index (κ1) is 13.8. The first-order chi connectivity index (χ1) is 10.1. The number of rotatable bonds is 3. The highest BCUT2D eigenvalue weighted by molar-refractivity contribution is 5.66. The van der Waals surface area contributed by atoms with Gasteiger partial charge in [-0.3, -0.25) is 4.79 Å². The van der Waals surface area contributed by atoms with Crippen LogP contribution < -0.4 is 10.5 Å². The van der Waals surface area contributed by atoms with E-state index >= 15 is 0 Å². The van der Waals surface area contributed by atoms with E-state index in [0.29, 0.717) is 23.5 Å². The Morgan fingerprint density at radius 2 is 2.24 bits per heavy atom. The predicted molar refractivity (Wildman–Crippen MR) is 82.8 cm³/mol. The third kappa shape index (κ3) is 2.45. The molecule has 2 N–H and O–H groups in total. The maximum Gasteiger partial charge on any atom is 0.254 e. The van der Waals surface area contributed by atoms with Gasteiger partial charge in [-0.05, 0) is 37.1 Å². The minimum Gasteiger partial charge on any atom is -0.396 e. The Labute approximate surface area is 123 Å². The van der Waals surface area contributed by atoms with Gasteiger partial charge in [0.1, 0.15) is 5.82 Å². The fraction of sp³-hybridized carbons (Fsp3) is 0.375. The van der Waals surface area contributed by atoms with Crippen LogP contribution in [0.4, 0.5) is 5.69 Å². The lowest BCUT2D eigenvalue weighted by atomic mass is 10.1. The number of likely N-dealkylation sites (N-methyl/N-ethyl adjacent to an activating group) is 1. The quantitative estimate of drug-likeness (QED) is 0.891. The molecule has 0 bridgehead atoms. The number of fused-ring (bicyclic) bond motifs is 1. The molecule has 1 aliphatic heterocycles. The molecule has 1 aromatic carbocycles. The maximum absolute atomic E-state index is 12.1. The fourth-order valence-electron chi connectivity index (χ4n) is 2.87. The van der Waals surface area contributed by atoms with Gasteiger partial charge in [0.05, 0.1) is 0 Å². The van der Waals surface area contributed by atoms with Gasteiger partial charge in [-0.1, -0.05) is 0 Å². The van der Waals surface area contributed by atoms with E-state index in [1.165, 1.54) is 11.3 Å². The zero-order chi connectivity index (χ0) is 15.0. The Bertz CT molecular complexity index is 737. The standard InChI is InChI=1S/C16H19N3O2/c1-10-13(6-8-20)16(21)18-15(17-10)12-3-4-14-11(9-12)5-7-19(14)2/h3-4,9,20H,5-8H2,1-2H3,(H,17,18,21). The average Bonchev–Trinajstić information content (AvgIpc) is 2.84. The Hall–Kier alpha value is -2.14. The second kappa shape index (κ2) is 5.33. The third-order valence-corrected chi connectivity index (χ3v) is 4.06. The van der Waals surface area contributed by atoms with Gasteiger partial charge in [-0.2, -0.15) is 0 Å². The van der Waals surface area contributed by atoms with Crippen molar-refractivity contribution in [3.05, 3.63) is 45.4 Å². The highest BCUT2D eigenvalue weighted by Gasteiger charge is 2.17. The number of hydrogen-bond donors (Lipinski definition) is 2. The number of hydrogen-bond acceptors (Lipinski definition) is 4. The van der Waals surface area contributed by atoms with Crippen LogP contribution in [0, 0.1) is 6.92 Å². The second-order valence-electron chi connectivity index (χ2n) is 5.47. The lowest BCUT2D eigenvalue weighted by Crippen LogP contribution is -2.18. The van der Waals surface area contributed by atoms with Gasteiger partial charge in [0.2, 0.25) is 0 Å². The lowest BCUT2D eigenvalue weighted by Gasteiger charge is -2.12. The average molecular weight is 285 g/mol. The summed E-state index contributed by atoms with van der Waals surface area (Å²) < 4.78 is 0. The van der Waals surface area contributed by atoms with Crippen LogP contribution >= 0.6 is 0 Å². The molecule has 2 heterocycles. The van der Waals surface area contributed by atoms with Crippen LogP contribution in [0.2, 0.25) is 0 Å². The highest BCUT2D eigenvalue weighted by Crippen LogP contribution is 2.30. The van der Waals surface area contributed by atoms with Crippen molar-refractivity contribution < 1.29 is 5.11 Å². The van der Waals surface area contributed by atoms with Gasteiger partial charge in [0.25, 0.3) is 5.56 Å². The number of anilines is 1. The Morgan fingerprint density at radius 3 is 2.95 bits per heavy atom. The Balaban J connectivity index is 2.04. The molecular weight excluding hydrogens is 266 g/mol. The van der Waals surface area contributed by atoms with Crippen molar-refractivity contribution in [1.82, 2.24) is 9.97 Å². The summed E-state index contributed by atoms with van der Waals surface area (Å²) in [6.07, 6.45) is 1.36. The molecule has 0 spiro atoms. The zero-order valence-electron chi connectivity index (χ0n) is 12.3. The number of nitrogens with zero attached hydrogens (tertiary/aromatic N) is 2. The molecule has 0 aliphatic carbocycles. The first-order valence-electron chi connectivity index (χ1n) is 7.15. The number of aryl methyl sites for hydroxylation is 1. The Kier molecular flexibility index (Phi) is 3.51. The number of aliphatic hydroxyl groups excluding tert-OH is 1. The van der Waals surface area contributed by atoms with E-state index < -0.39 is 0 Å². The molecule has 0 atom stereocenters. The molecule has 110 valence electrons. The smallest absolute Gasteiger partial charge is 0.254 e. The van der Waals surface area contributed by atoms with Gasteiger partial charge in [0, 0.05) is 49.1 Å². The summed E-state index contributed by atoms with van der Waals surface area (Å²) in [5.41, 5.74) is 4.54. The van der Waals surface area contributed by atoms with Crippen LogP contribution in [0.1, 0.15) is 16.8 Å². The number of benzene rings is 1. The molecule has 0 saturated carbocycles. The van der Waals surface area contributed by atoms with E-state index in [-0.39, 0.29) is 12.2 Å². The fourth-order valence-corrected chi connectivity index (χ4v) is 2.87. The van der Waals surface area contributed by atoms with Gasteiger partial charge < -0.3 is 15.0 Å². The molecule has 5 nitrogen and oxygen atoms in total. The molecule has 0 amide bonds. The number of nitrogens with one attached hydrogen (secondary N) is 1. The summed E-state index contributed by atoms with van der Waals surface area (Å²) in [5.74, 6) is 0.594. The van der Waals surface area contributed by atoms with Crippen LogP contribution in [0.5, 0.6) is 0 Å². The van der Waals surface area contributed by atoms with E-state index in [2.05, 4.69) is 34.0 Å². The van der Waals surface area contributed by atoms with Crippen LogP contribution in [0.3, 0.4) is 0 Å². The summed E-state index contributed by atoms with van der Waals surface area (Å²) in [5, 5.41) is 9.00. The van der Waals surface area contributed by atoms with Crippen LogP contribution in [-0.2, 0) is 12.8 Å². The van der Waals surface area contributed by atoms with Gasteiger partial charge in [0.15, 0.2) is 0 Å². The first-order valence-corrected chi connectivity index (χ1v) is 7.15. The Morgan fingerprint density at radius 1 is 1.43 bits per heavy atom. The highest BCUT2D eigenvalue weighted by atomic mass is 16.3. The van der Waals surface area contributed by atoms with Crippen LogP contribution in [-0.4, -0.2) is 35.3 Å². The molecule has 1 aliphatic rings. The summed E-state index contributed by atoms with van der Waals surface area (Å²) in [4.78, 5) is 21.6. The minimum atomic E-state index is -0.163. The zero-order valence-corrected chi connectivity index (χ0v) is 12.3. The van der Waals surface area contributed by atoms with E-state index in [0.717, 1.165) is 18.5 Å². The molecule has 1 aromatic heterocycles. The molecular formula is C16H19N3O2. The number of aromatic nitrogens is 2. The molecule has 0 saturated heterocycles. The SMILES string of the molecule is Cc1nc(-c2ccc3c(c2)CCN3C)[nH]c(=O)c1CCO. The van der Waals surface area contributed by atoms with Crippen molar-refractivity contribution in [3.63, 3.8) is 0 Å². The monoisotopic (exact) mass is 285 g/mol. The molecule has 21 heavy (non-hydrogen) atoms. The normalized spacial score (nSPS) is 13.6. The molecule has 5 heteroatoms. The van der Waals surface area contributed by atoms with Crippen molar-refractivity contribution in [2.45, 2.75) is 19.8 Å². The van der Waals surface area contributed by atoms with E-state index in [9.17, 15) is 4.79 Å². The topological polar surface area (TPSA) is 69.2 Å². The maximum atomic E-state index is 12.1. The van der Waals surface area contributed by atoms with Crippen molar-refractivity contribution in [2.24, 2.45) is 0 Å². The van der Waals surface area contributed by atoms with Gasteiger partial charge in [-0.25, -0.2) is 4.98 Å². The van der Waals surface area contributed by atoms with Crippen molar-refractivity contribution in [2.75, 3.05) is 25.1 Å². The third-order valence-electron chi connectivity index (χ3n) is 4.06. The molecule has 0 unspecified atom stereocenters. The van der Waals surface area contributed by atoms with Crippen molar-refractivity contribution >= 4 is 5.69 Å². The largest absolute Gasteiger partial charge is 0.396 e. The number of H-pyrrole nitrogens is 1. The van der Waals surface area contributed by atoms with Crippen LogP contribution in [0.15, 0.2) is 23.0 Å². The predicted octanol–water partition coefficient (Wildman–Crippen LogP) is 1.27. The summed E-state index contributed by atoms with van der Waals surface area (Å²) in [6.45, 7) is 2.79.